The zero-order chi connectivity index (χ0) is 28.9. The molecule has 1 aliphatic rings. The zero-order valence-corrected chi connectivity index (χ0v) is 24.8. The van der Waals surface area contributed by atoms with E-state index in [1.54, 1.807) is 25.7 Å². The number of rotatable bonds is 9. The first-order valence-electron chi connectivity index (χ1n) is 14.0. The van der Waals surface area contributed by atoms with Crippen LogP contribution in [0.15, 0.2) is 42.5 Å². The molecule has 1 fully saturated rings. The van der Waals surface area contributed by atoms with Gasteiger partial charge in [0.15, 0.2) is 0 Å². The van der Waals surface area contributed by atoms with Gasteiger partial charge in [-0.2, -0.15) is 0 Å². The Morgan fingerprint density at radius 1 is 1.00 bits per heavy atom. The molecule has 3 rings (SSSR count). The van der Waals surface area contributed by atoms with E-state index in [9.17, 15) is 14.4 Å². The van der Waals surface area contributed by atoms with Gasteiger partial charge in [0.25, 0.3) is 5.91 Å². The highest BCUT2D eigenvalue weighted by atomic mass is 16.6. The summed E-state index contributed by atoms with van der Waals surface area (Å²) < 4.78 is 5.49. The molecule has 0 bridgehead atoms. The fourth-order valence-electron chi connectivity index (χ4n) is 4.99. The number of ether oxygens (including phenoxy) is 1. The fraction of sp³-hybridized carbons (Fsp3) is 0.531. The van der Waals surface area contributed by atoms with E-state index in [0.717, 1.165) is 47.2 Å². The molecule has 0 saturated heterocycles. The summed E-state index contributed by atoms with van der Waals surface area (Å²) >= 11 is 0. The van der Waals surface area contributed by atoms with Gasteiger partial charge in [-0.25, -0.2) is 4.79 Å². The van der Waals surface area contributed by atoms with Crippen molar-refractivity contribution in [1.29, 1.82) is 0 Å². The van der Waals surface area contributed by atoms with Gasteiger partial charge in [-0.3, -0.25) is 9.59 Å². The number of anilines is 1. The second-order valence-electron chi connectivity index (χ2n) is 12.2. The Kier molecular flexibility index (Phi) is 9.81. The van der Waals surface area contributed by atoms with E-state index >= 15 is 0 Å². The fourth-order valence-corrected chi connectivity index (χ4v) is 4.99. The molecule has 2 unspecified atom stereocenters. The number of nitrogens with zero attached hydrogens (tertiary/aromatic N) is 1. The molecule has 0 radical (unpaired) electrons. The monoisotopic (exact) mass is 535 g/mol. The largest absolute Gasteiger partial charge is 0.444 e. The third kappa shape index (κ3) is 8.07. The predicted octanol–water partition coefficient (Wildman–Crippen LogP) is 6.61. The maximum absolute atomic E-state index is 14.4. The molecule has 0 spiro atoms. The second-order valence-corrected chi connectivity index (χ2v) is 12.2. The predicted molar refractivity (Wildman–Crippen MR) is 156 cm³/mol. The van der Waals surface area contributed by atoms with Gasteiger partial charge in [-0.1, -0.05) is 61.9 Å². The van der Waals surface area contributed by atoms with Crippen LogP contribution in [0, 0.1) is 26.7 Å². The van der Waals surface area contributed by atoms with Crippen molar-refractivity contribution >= 4 is 23.6 Å². The maximum Gasteiger partial charge on any atom is 0.408 e. The Morgan fingerprint density at radius 3 is 2.13 bits per heavy atom. The molecule has 7 heteroatoms. The minimum Gasteiger partial charge on any atom is -0.444 e. The van der Waals surface area contributed by atoms with Crippen molar-refractivity contribution in [2.45, 2.75) is 105 Å². The summed E-state index contributed by atoms with van der Waals surface area (Å²) in [5, 5.41) is 5.97. The lowest BCUT2D eigenvalue weighted by Crippen LogP contribution is -2.57. The molecule has 0 aromatic heterocycles. The number of alkyl carbamates (subject to hydrolysis) is 1. The van der Waals surface area contributed by atoms with Gasteiger partial charge in [0.2, 0.25) is 5.91 Å². The normalized spacial score (nSPS) is 15.2. The van der Waals surface area contributed by atoms with Crippen LogP contribution in [0.5, 0.6) is 0 Å². The number of aryl methyl sites for hydroxylation is 3. The van der Waals surface area contributed by atoms with E-state index in [1.165, 1.54) is 0 Å². The molecule has 2 aromatic carbocycles. The van der Waals surface area contributed by atoms with Gasteiger partial charge in [-0.15, -0.1) is 0 Å². The Morgan fingerprint density at radius 2 is 1.62 bits per heavy atom. The van der Waals surface area contributed by atoms with Crippen molar-refractivity contribution < 1.29 is 19.1 Å². The first-order chi connectivity index (χ1) is 18.3. The Labute approximate surface area is 233 Å². The SMILES string of the molecule is Cc1cccc(C(C(=O)Nc2c(C)cccc2C)N(C(=O)C(CC(C)C)NC(=O)OC(C)(C)C)C2CCC2)c1. The van der Waals surface area contributed by atoms with Crippen molar-refractivity contribution in [2.24, 2.45) is 5.92 Å². The summed E-state index contributed by atoms with van der Waals surface area (Å²) in [7, 11) is 0. The summed E-state index contributed by atoms with van der Waals surface area (Å²) in [4.78, 5) is 43.0. The van der Waals surface area contributed by atoms with Crippen LogP contribution in [-0.2, 0) is 14.3 Å². The Balaban J connectivity index is 2.05. The third-order valence-electron chi connectivity index (χ3n) is 7.03. The van der Waals surface area contributed by atoms with Crippen molar-refractivity contribution in [3.05, 3.63) is 64.7 Å². The van der Waals surface area contributed by atoms with Crippen LogP contribution in [0.3, 0.4) is 0 Å². The van der Waals surface area contributed by atoms with Gasteiger partial charge in [0, 0.05) is 11.7 Å². The topological polar surface area (TPSA) is 87.7 Å². The molecular formula is C32H45N3O4. The number of para-hydroxylation sites is 1. The van der Waals surface area contributed by atoms with Gasteiger partial charge < -0.3 is 20.3 Å². The average Bonchev–Trinajstić information content (AvgIpc) is 2.77. The van der Waals surface area contributed by atoms with Crippen LogP contribution in [-0.4, -0.2) is 40.5 Å². The first-order valence-corrected chi connectivity index (χ1v) is 14.0. The van der Waals surface area contributed by atoms with Crippen molar-refractivity contribution in [2.75, 3.05) is 5.32 Å². The molecule has 0 aliphatic heterocycles. The van der Waals surface area contributed by atoms with Gasteiger partial charge in [0.05, 0.1) is 0 Å². The molecular weight excluding hydrogens is 490 g/mol. The summed E-state index contributed by atoms with van der Waals surface area (Å²) in [5.41, 5.74) is 3.73. The standard InChI is InChI=1S/C32H45N3O4/c1-20(2)18-26(33-31(38)39-32(6,7)8)30(37)35(25-16-11-17-25)28(24-15-9-12-21(3)19-24)29(36)34-27-22(4)13-10-14-23(27)5/h9-10,12-15,19-20,25-26,28H,11,16-18H2,1-8H3,(H,33,38)(H,34,36). The highest BCUT2D eigenvalue weighted by Gasteiger charge is 2.42. The van der Waals surface area contributed by atoms with E-state index in [2.05, 4.69) is 10.6 Å². The van der Waals surface area contributed by atoms with E-state index < -0.39 is 23.8 Å². The molecule has 2 N–H and O–H groups in total. The smallest absolute Gasteiger partial charge is 0.408 e. The summed E-state index contributed by atoms with van der Waals surface area (Å²) in [5.74, 6) is -0.390. The van der Waals surface area contributed by atoms with Crippen LogP contribution in [0.25, 0.3) is 0 Å². The molecule has 2 atom stereocenters. The molecule has 1 saturated carbocycles. The van der Waals surface area contributed by atoms with Crippen molar-refractivity contribution in [3.8, 4) is 0 Å². The lowest BCUT2D eigenvalue weighted by Gasteiger charge is -2.44. The number of nitrogens with one attached hydrogen (secondary N) is 2. The van der Waals surface area contributed by atoms with E-state index in [4.69, 9.17) is 4.74 Å². The third-order valence-corrected chi connectivity index (χ3v) is 7.03. The zero-order valence-electron chi connectivity index (χ0n) is 24.8. The van der Waals surface area contributed by atoms with Crippen LogP contribution in [0.1, 0.15) is 88.6 Å². The number of benzene rings is 2. The quantitative estimate of drug-likeness (QED) is 0.378. The van der Waals surface area contributed by atoms with Gasteiger partial charge in [0.1, 0.15) is 17.7 Å². The highest BCUT2D eigenvalue weighted by molar-refractivity contribution is 6.00. The summed E-state index contributed by atoms with van der Waals surface area (Å²) in [6, 6.07) is 11.9. The molecule has 7 nitrogen and oxygen atoms in total. The number of carbonyl (C=O) groups is 3. The lowest BCUT2D eigenvalue weighted by atomic mass is 9.87. The van der Waals surface area contributed by atoms with Crippen molar-refractivity contribution in [3.63, 3.8) is 0 Å². The van der Waals surface area contributed by atoms with Crippen LogP contribution in [0.2, 0.25) is 0 Å². The average molecular weight is 536 g/mol. The molecule has 39 heavy (non-hydrogen) atoms. The summed E-state index contributed by atoms with van der Waals surface area (Å²) in [6.07, 6.45) is 2.40. The molecule has 212 valence electrons. The van der Waals surface area contributed by atoms with Crippen LogP contribution < -0.4 is 10.6 Å². The molecule has 0 heterocycles. The number of amides is 3. The van der Waals surface area contributed by atoms with E-state index in [0.29, 0.717) is 6.42 Å². The van der Waals surface area contributed by atoms with Crippen LogP contribution >= 0.6 is 0 Å². The highest BCUT2D eigenvalue weighted by Crippen LogP contribution is 2.35. The van der Waals surface area contributed by atoms with E-state index in [-0.39, 0.29) is 23.8 Å². The first kappa shape index (κ1) is 30.2. The second kappa shape index (κ2) is 12.7. The van der Waals surface area contributed by atoms with E-state index in [1.807, 2.05) is 77.1 Å². The minimum atomic E-state index is -0.850. The Hall–Kier alpha value is -3.35. The Bertz CT molecular complexity index is 1160. The maximum atomic E-state index is 14.4. The minimum absolute atomic E-state index is 0.0955. The van der Waals surface area contributed by atoms with Gasteiger partial charge in [-0.05, 0) is 89.8 Å². The summed E-state index contributed by atoms with van der Waals surface area (Å²) in [6.45, 7) is 15.3. The lowest BCUT2D eigenvalue weighted by molar-refractivity contribution is -0.146. The molecule has 2 aromatic rings. The van der Waals surface area contributed by atoms with Crippen molar-refractivity contribution in [1.82, 2.24) is 10.2 Å². The van der Waals surface area contributed by atoms with Crippen LogP contribution in [0.4, 0.5) is 10.5 Å². The number of hydrogen-bond donors (Lipinski definition) is 2. The number of carbonyl (C=O) groups excluding carboxylic acids is 3. The molecule has 1 aliphatic carbocycles. The molecule has 3 amide bonds. The number of hydrogen-bond acceptors (Lipinski definition) is 4. The van der Waals surface area contributed by atoms with Gasteiger partial charge >= 0.3 is 6.09 Å².